The fraction of sp³-hybridized carbons (Fsp3) is 0.312. The van der Waals surface area contributed by atoms with Gasteiger partial charge in [-0.25, -0.2) is 0 Å². The van der Waals surface area contributed by atoms with Crippen molar-refractivity contribution in [2.75, 3.05) is 0 Å². The Morgan fingerprint density at radius 1 is 1.12 bits per heavy atom. The first-order valence-electron chi connectivity index (χ1n) is 6.06. The molecule has 0 N–H and O–H groups in total. The van der Waals surface area contributed by atoms with Crippen molar-refractivity contribution >= 4 is 16.6 Å². The summed E-state index contributed by atoms with van der Waals surface area (Å²) in [4.78, 5) is 11.1. The van der Waals surface area contributed by atoms with E-state index in [2.05, 4.69) is 50.2 Å². The molecule has 0 unspecified atom stereocenters. The summed E-state index contributed by atoms with van der Waals surface area (Å²) < 4.78 is 0. The molecule has 1 atom stereocenters. The van der Waals surface area contributed by atoms with E-state index in [1.165, 1.54) is 21.9 Å². The average molecular weight is 226 g/mol. The minimum absolute atomic E-state index is 0.251. The Bertz CT molecular complexity index is 554. The van der Waals surface area contributed by atoms with Crippen LogP contribution in [0.5, 0.6) is 0 Å². The maximum atomic E-state index is 11.1. The zero-order chi connectivity index (χ0) is 12.4. The van der Waals surface area contributed by atoms with Crippen molar-refractivity contribution in [1.82, 2.24) is 0 Å². The Balaban J connectivity index is 2.37. The molecule has 0 aliphatic heterocycles. The van der Waals surface area contributed by atoms with Crippen molar-refractivity contribution < 1.29 is 4.79 Å². The van der Waals surface area contributed by atoms with Gasteiger partial charge in [0, 0.05) is 6.42 Å². The second-order valence-corrected chi connectivity index (χ2v) is 4.92. The van der Waals surface area contributed by atoms with Crippen LogP contribution in [0.1, 0.15) is 37.3 Å². The molecular weight excluding hydrogens is 208 g/mol. The molecule has 0 spiro atoms. The first-order valence-corrected chi connectivity index (χ1v) is 6.06. The lowest BCUT2D eigenvalue weighted by molar-refractivity contribution is -0.117. The van der Waals surface area contributed by atoms with Gasteiger partial charge in [0.1, 0.15) is 5.78 Å². The van der Waals surface area contributed by atoms with Gasteiger partial charge < -0.3 is 4.79 Å². The molecule has 0 aliphatic rings. The predicted octanol–water partition coefficient (Wildman–Crippen LogP) is 4.23. The summed E-state index contributed by atoms with van der Waals surface area (Å²) in [5, 5.41) is 2.52. The second-order valence-electron chi connectivity index (χ2n) is 4.92. The van der Waals surface area contributed by atoms with Crippen molar-refractivity contribution in [3.8, 4) is 0 Å². The molecule has 0 amide bonds. The van der Waals surface area contributed by atoms with Gasteiger partial charge in [-0.3, -0.25) is 0 Å². The summed E-state index contributed by atoms with van der Waals surface area (Å²) in [6.07, 6.45) is 0.622. The van der Waals surface area contributed by atoms with Gasteiger partial charge in [-0.15, -0.1) is 0 Å². The summed E-state index contributed by atoms with van der Waals surface area (Å²) in [5.74, 6) is 0.555. The maximum absolute atomic E-state index is 11.1. The smallest absolute Gasteiger partial charge is 0.130 e. The van der Waals surface area contributed by atoms with Gasteiger partial charge in [0.25, 0.3) is 0 Å². The first-order chi connectivity index (χ1) is 8.06. The fourth-order valence-corrected chi connectivity index (χ4v) is 2.24. The number of carbonyl (C=O) groups excluding carboxylic acids is 1. The fourth-order valence-electron chi connectivity index (χ4n) is 2.24. The Labute approximate surface area is 102 Å². The van der Waals surface area contributed by atoms with E-state index in [4.69, 9.17) is 0 Å². The number of benzene rings is 2. The van der Waals surface area contributed by atoms with Crippen LogP contribution in [0.15, 0.2) is 36.4 Å². The monoisotopic (exact) mass is 226 g/mol. The lowest BCUT2D eigenvalue weighted by Gasteiger charge is -2.11. The molecule has 0 fully saturated rings. The molecule has 0 radical (unpaired) electrons. The summed E-state index contributed by atoms with van der Waals surface area (Å²) in [5.41, 5.74) is 2.53. The Morgan fingerprint density at radius 2 is 1.76 bits per heavy atom. The Hall–Kier alpha value is -1.63. The van der Waals surface area contributed by atoms with Gasteiger partial charge >= 0.3 is 0 Å². The molecular formula is C16H18O. The van der Waals surface area contributed by atoms with E-state index >= 15 is 0 Å². The highest BCUT2D eigenvalue weighted by molar-refractivity contribution is 5.84. The molecule has 1 heteroatoms. The van der Waals surface area contributed by atoms with Crippen LogP contribution in [0.4, 0.5) is 0 Å². The van der Waals surface area contributed by atoms with Crippen molar-refractivity contribution in [1.29, 1.82) is 0 Å². The number of hydrogen-bond donors (Lipinski definition) is 0. The minimum atomic E-state index is 0.251. The molecule has 0 saturated carbocycles. The highest BCUT2D eigenvalue weighted by Crippen LogP contribution is 2.24. The van der Waals surface area contributed by atoms with E-state index in [-0.39, 0.29) is 5.78 Å². The lowest BCUT2D eigenvalue weighted by Crippen LogP contribution is -2.00. The summed E-state index contributed by atoms with van der Waals surface area (Å²) in [7, 11) is 0. The third kappa shape index (κ3) is 2.73. The predicted molar refractivity (Wildman–Crippen MR) is 72.4 cm³/mol. The second kappa shape index (κ2) is 4.70. The molecule has 0 heterocycles. The molecule has 1 nitrogen and oxygen atoms in total. The first kappa shape index (κ1) is 11.8. The Kier molecular flexibility index (Phi) is 3.28. The van der Waals surface area contributed by atoms with Crippen LogP contribution in [0.3, 0.4) is 0 Å². The zero-order valence-corrected chi connectivity index (χ0v) is 10.7. The van der Waals surface area contributed by atoms with Crippen LogP contribution in [-0.4, -0.2) is 5.78 Å². The number of Topliss-reactive ketones (excluding diaryl/α,β-unsaturated/α-hetero) is 1. The van der Waals surface area contributed by atoms with E-state index in [9.17, 15) is 4.79 Å². The molecule has 0 saturated heterocycles. The number of rotatable bonds is 3. The molecule has 2 rings (SSSR count). The number of hydrogen-bond acceptors (Lipinski definition) is 1. The number of ketones is 1. The normalized spacial score (nSPS) is 12.6. The molecule has 88 valence electrons. The third-order valence-electron chi connectivity index (χ3n) is 3.18. The van der Waals surface area contributed by atoms with E-state index in [0.29, 0.717) is 12.3 Å². The molecule has 0 bridgehead atoms. The van der Waals surface area contributed by atoms with E-state index in [1.807, 2.05) is 0 Å². The maximum Gasteiger partial charge on any atom is 0.130 e. The topological polar surface area (TPSA) is 17.1 Å². The van der Waals surface area contributed by atoms with Gasteiger partial charge in [-0.2, -0.15) is 0 Å². The highest BCUT2D eigenvalue weighted by Gasteiger charge is 2.08. The van der Waals surface area contributed by atoms with Crippen LogP contribution in [0, 0.1) is 6.92 Å². The average Bonchev–Trinajstić information content (AvgIpc) is 2.27. The molecule has 0 aromatic heterocycles. The van der Waals surface area contributed by atoms with E-state index < -0.39 is 0 Å². The van der Waals surface area contributed by atoms with E-state index in [1.54, 1.807) is 6.92 Å². The zero-order valence-electron chi connectivity index (χ0n) is 10.7. The largest absolute Gasteiger partial charge is 0.300 e. The van der Waals surface area contributed by atoms with Gasteiger partial charge in [0.2, 0.25) is 0 Å². The van der Waals surface area contributed by atoms with Crippen LogP contribution in [0.2, 0.25) is 0 Å². The lowest BCUT2D eigenvalue weighted by atomic mass is 9.93. The Morgan fingerprint density at radius 3 is 2.47 bits per heavy atom. The third-order valence-corrected chi connectivity index (χ3v) is 3.18. The van der Waals surface area contributed by atoms with Gasteiger partial charge in [0.15, 0.2) is 0 Å². The standard InChI is InChI=1S/C16H18O/c1-11-4-5-16-10-14(6-7-15(16)8-11)12(2)9-13(3)17/h4-8,10,12H,9H2,1-3H3/t12-/m1/s1. The van der Waals surface area contributed by atoms with Crippen LogP contribution < -0.4 is 0 Å². The van der Waals surface area contributed by atoms with Crippen LogP contribution in [0.25, 0.3) is 10.8 Å². The van der Waals surface area contributed by atoms with Crippen LogP contribution >= 0.6 is 0 Å². The molecule has 0 aliphatic carbocycles. The SMILES string of the molecule is CC(=O)C[C@@H](C)c1ccc2cc(C)ccc2c1. The van der Waals surface area contributed by atoms with Gasteiger partial charge in [-0.05, 0) is 36.1 Å². The molecule has 17 heavy (non-hydrogen) atoms. The molecule has 2 aromatic rings. The van der Waals surface area contributed by atoms with Crippen molar-refractivity contribution in [2.45, 2.75) is 33.1 Å². The number of carbonyl (C=O) groups is 1. The minimum Gasteiger partial charge on any atom is -0.300 e. The van der Waals surface area contributed by atoms with Crippen LogP contribution in [-0.2, 0) is 4.79 Å². The van der Waals surface area contributed by atoms with E-state index in [0.717, 1.165) is 0 Å². The van der Waals surface area contributed by atoms with Gasteiger partial charge in [0.05, 0.1) is 0 Å². The summed E-state index contributed by atoms with van der Waals surface area (Å²) in [6.45, 7) is 5.86. The highest BCUT2D eigenvalue weighted by atomic mass is 16.1. The van der Waals surface area contributed by atoms with Crippen molar-refractivity contribution in [3.63, 3.8) is 0 Å². The van der Waals surface area contributed by atoms with Crippen molar-refractivity contribution in [2.24, 2.45) is 0 Å². The number of aryl methyl sites for hydroxylation is 1. The quantitative estimate of drug-likeness (QED) is 0.765. The summed E-state index contributed by atoms with van der Waals surface area (Å²) in [6, 6.07) is 12.9. The number of fused-ring (bicyclic) bond motifs is 1. The van der Waals surface area contributed by atoms with Gasteiger partial charge in [-0.1, -0.05) is 48.9 Å². The van der Waals surface area contributed by atoms with Crippen molar-refractivity contribution in [3.05, 3.63) is 47.5 Å². The molecule has 2 aromatic carbocycles. The summed E-state index contributed by atoms with van der Waals surface area (Å²) >= 11 is 0.